The maximum absolute atomic E-state index is 13.3. The maximum atomic E-state index is 13.3. The van der Waals surface area contributed by atoms with Crippen LogP contribution in [0, 0.1) is 6.92 Å². The van der Waals surface area contributed by atoms with Crippen LogP contribution in [0.25, 0.3) is 11.3 Å². The zero-order valence-electron chi connectivity index (χ0n) is 16.9. The van der Waals surface area contributed by atoms with Crippen molar-refractivity contribution >= 4 is 29.5 Å². The van der Waals surface area contributed by atoms with Gasteiger partial charge in [-0.1, -0.05) is 35.9 Å². The number of nitrogens with one attached hydrogen (secondary N) is 1. The third-order valence-electron chi connectivity index (χ3n) is 4.58. The van der Waals surface area contributed by atoms with Gasteiger partial charge in [-0.3, -0.25) is 29.4 Å². The molecule has 2 heterocycles. The third kappa shape index (κ3) is 3.80. The van der Waals surface area contributed by atoms with E-state index in [-0.39, 0.29) is 17.0 Å². The van der Waals surface area contributed by atoms with Gasteiger partial charge in [0.15, 0.2) is 0 Å². The number of rotatable bonds is 6. The summed E-state index contributed by atoms with van der Waals surface area (Å²) in [6.07, 6.45) is 8.32. The van der Waals surface area contributed by atoms with E-state index in [2.05, 4.69) is 10.1 Å². The van der Waals surface area contributed by atoms with Crippen molar-refractivity contribution in [3.05, 3.63) is 75.6 Å². The summed E-state index contributed by atoms with van der Waals surface area (Å²) in [5.41, 5.74) is 1.98. The van der Waals surface area contributed by atoms with Crippen LogP contribution in [0.2, 0.25) is 0 Å². The average Bonchev–Trinajstić information content (AvgIpc) is 3.16. The van der Waals surface area contributed by atoms with Gasteiger partial charge >= 0.3 is 5.97 Å². The van der Waals surface area contributed by atoms with Gasteiger partial charge in [0.2, 0.25) is 0 Å². The molecular weight excluding hydrogens is 384 g/mol. The van der Waals surface area contributed by atoms with Gasteiger partial charge < -0.3 is 5.11 Å². The quantitative estimate of drug-likeness (QED) is 0.568. The van der Waals surface area contributed by atoms with Gasteiger partial charge in [-0.15, -0.1) is 0 Å². The number of carboxylic acids is 1. The first-order valence-electron chi connectivity index (χ1n) is 9.31. The lowest BCUT2D eigenvalue weighted by Crippen LogP contribution is -2.33. The number of anilines is 1. The maximum Gasteiger partial charge on any atom is 0.323 e. The molecule has 1 aromatic heterocycles. The molecule has 8 heteroatoms. The molecule has 2 N–H and O–H groups in total. The first kappa shape index (κ1) is 20.8. The van der Waals surface area contributed by atoms with Crippen LogP contribution in [0.3, 0.4) is 0 Å². The van der Waals surface area contributed by atoms with E-state index in [1.54, 1.807) is 56.6 Å². The Kier molecular flexibility index (Phi) is 5.96. The molecule has 1 aliphatic rings. The van der Waals surface area contributed by atoms with E-state index < -0.39 is 24.0 Å². The lowest BCUT2D eigenvalue weighted by atomic mass is 10.0. The van der Waals surface area contributed by atoms with Crippen LogP contribution < -0.4 is 10.5 Å². The second kappa shape index (κ2) is 8.60. The van der Waals surface area contributed by atoms with Crippen LogP contribution in [-0.2, 0) is 9.59 Å². The number of nitrogens with zero attached hydrogens (tertiary/aromatic N) is 3. The number of aryl methyl sites for hydroxylation is 1. The fraction of sp³-hybridized carbons (Fsp3) is 0.182. The van der Waals surface area contributed by atoms with E-state index in [1.165, 1.54) is 4.68 Å². The number of aliphatic imine (C=N–C) groups is 1. The van der Waals surface area contributed by atoms with Gasteiger partial charge in [-0.2, -0.15) is 0 Å². The number of hydrogen-bond donors (Lipinski definition) is 2. The lowest BCUT2D eigenvalue weighted by molar-refractivity contribution is -0.136. The zero-order chi connectivity index (χ0) is 21.8. The van der Waals surface area contributed by atoms with E-state index in [0.717, 1.165) is 10.5 Å². The van der Waals surface area contributed by atoms with Gasteiger partial charge in [0, 0.05) is 13.3 Å². The van der Waals surface area contributed by atoms with Gasteiger partial charge in [-0.25, -0.2) is 4.68 Å². The Bertz CT molecular complexity index is 1160. The standard InChI is InChI=1S/C22H22N4O4/c1-4-6-15(7-5-12-23-3)18-19-20(25(21(18)29)13-17(27)28)24-26(22(19)30)16-10-8-14(2)9-11-16/h4-12,24H,13H2,1-3H3,(H,27,28)/b6-4-,7-5?,18-15?,23-12?. The summed E-state index contributed by atoms with van der Waals surface area (Å²) in [6, 6.07) is 7.28. The number of fused-ring (bicyclic) bond motifs is 1. The third-order valence-corrected chi connectivity index (χ3v) is 4.58. The molecule has 1 aliphatic heterocycles. The summed E-state index contributed by atoms with van der Waals surface area (Å²) >= 11 is 0. The summed E-state index contributed by atoms with van der Waals surface area (Å²) in [6.45, 7) is 3.16. The number of carboxylic acid groups (broad SMARTS) is 1. The molecule has 0 unspecified atom stereocenters. The minimum absolute atomic E-state index is 0.146. The Balaban J connectivity index is 2.29. The van der Waals surface area contributed by atoms with E-state index in [1.807, 2.05) is 19.1 Å². The number of aromatic nitrogens is 2. The molecule has 0 saturated carbocycles. The topological polar surface area (TPSA) is 108 Å². The Hall–Kier alpha value is -3.94. The zero-order valence-corrected chi connectivity index (χ0v) is 16.9. The number of aliphatic carboxylic acids is 1. The number of amides is 1. The molecule has 2 aromatic rings. The minimum atomic E-state index is -1.18. The molecule has 0 atom stereocenters. The van der Waals surface area contributed by atoms with Crippen molar-refractivity contribution in [1.82, 2.24) is 9.78 Å². The Labute approximate surface area is 173 Å². The SMILES string of the molecule is C/C=C\C(C=CC=NC)=C1C(=O)N(CC(=O)O)c2[nH]n(-c3ccc(C)cc3)c(=O)c21. The van der Waals surface area contributed by atoms with Gasteiger partial charge in [-0.05, 0) is 37.6 Å². The average molecular weight is 406 g/mol. The van der Waals surface area contributed by atoms with E-state index in [0.29, 0.717) is 11.3 Å². The minimum Gasteiger partial charge on any atom is -0.480 e. The molecule has 3 rings (SSSR count). The molecule has 0 spiro atoms. The van der Waals surface area contributed by atoms with Crippen molar-refractivity contribution in [2.45, 2.75) is 13.8 Å². The highest BCUT2D eigenvalue weighted by Gasteiger charge is 2.40. The van der Waals surface area contributed by atoms with Crippen molar-refractivity contribution in [3.63, 3.8) is 0 Å². The molecule has 154 valence electrons. The van der Waals surface area contributed by atoms with E-state index in [4.69, 9.17) is 0 Å². The molecule has 0 aliphatic carbocycles. The predicted molar refractivity (Wildman–Crippen MR) is 116 cm³/mol. The molecular formula is C22H22N4O4. The molecule has 0 saturated heterocycles. The highest BCUT2D eigenvalue weighted by Crippen LogP contribution is 2.36. The van der Waals surface area contributed by atoms with E-state index in [9.17, 15) is 19.5 Å². The number of carbonyl (C=O) groups excluding carboxylic acids is 1. The van der Waals surface area contributed by atoms with Crippen molar-refractivity contribution in [3.8, 4) is 5.69 Å². The number of allylic oxidation sites excluding steroid dienone is 5. The number of aromatic amines is 1. The van der Waals surface area contributed by atoms with Crippen LogP contribution in [-0.4, -0.2) is 46.6 Å². The summed E-state index contributed by atoms with van der Waals surface area (Å²) in [5, 5.41) is 12.2. The number of carbonyl (C=O) groups is 2. The van der Waals surface area contributed by atoms with Gasteiger partial charge in [0.05, 0.1) is 16.8 Å². The highest BCUT2D eigenvalue weighted by atomic mass is 16.4. The molecule has 1 amide bonds. The van der Waals surface area contributed by atoms with Crippen LogP contribution >= 0.6 is 0 Å². The summed E-state index contributed by atoms with van der Waals surface area (Å²) < 4.78 is 1.32. The van der Waals surface area contributed by atoms with Gasteiger partial charge in [0.1, 0.15) is 12.4 Å². The summed E-state index contributed by atoms with van der Waals surface area (Å²) in [7, 11) is 1.62. The van der Waals surface area contributed by atoms with Crippen LogP contribution in [0.4, 0.5) is 5.82 Å². The van der Waals surface area contributed by atoms with Crippen molar-refractivity contribution in [2.75, 3.05) is 18.5 Å². The second-order valence-corrected chi connectivity index (χ2v) is 6.69. The smallest absolute Gasteiger partial charge is 0.323 e. The van der Waals surface area contributed by atoms with Crippen molar-refractivity contribution in [2.24, 2.45) is 4.99 Å². The second-order valence-electron chi connectivity index (χ2n) is 6.69. The lowest BCUT2D eigenvalue weighted by Gasteiger charge is -2.14. The Morgan fingerprint density at radius 2 is 1.90 bits per heavy atom. The number of hydrogen-bond acceptors (Lipinski definition) is 4. The van der Waals surface area contributed by atoms with Gasteiger partial charge in [0.25, 0.3) is 11.5 Å². The molecule has 0 bridgehead atoms. The summed E-state index contributed by atoms with van der Waals surface area (Å²) in [5.74, 6) is -1.55. The fourth-order valence-corrected chi connectivity index (χ4v) is 3.25. The van der Waals surface area contributed by atoms with Crippen molar-refractivity contribution < 1.29 is 14.7 Å². The van der Waals surface area contributed by atoms with Crippen molar-refractivity contribution in [1.29, 1.82) is 0 Å². The molecule has 8 nitrogen and oxygen atoms in total. The molecule has 0 radical (unpaired) electrons. The fourth-order valence-electron chi connectivity index (χ4n) is 3.25. The Morgan fingerprint density at radius 1 is 1.20 bits per heavy atom. The Morgan fingerprint density at radius 3 is 2.50 bits per heavy atom. The molecule has 30 heavy (non-hydrogen) atoms. The first-order chi connectivity index (χ1) is 14.4. The van der Waals surface area contributed by atoms with Crippen LogP contribution in [0.5, 0.6) is 0 Å². The first-order valence-corrected chi connectivity index (χ1v) is 9.31. The van der Waals surface area contributed by atoms with Crippen LogP contribution in [0.1, 0.15) is 18.1 Å². The van der Waals surface area contributed by atoms with Crippen LogP contribution in [0.15, 0.2) is 63.9 Å². The predicted octanol–water partition coefficient (Wildman–Crippen LogP) is 2.49. The molecule has 1 aromatic carbocycles. The largest absolute Gasteiger partial charge is 0.480 e. The number of H-pyrrole nitrogens is 1. The summed E-state index contributed by atoms with van der Waals surface area (Å²) in [4.78, 5) is 42.7. The monoisotopic (exact) mass is 406 g/mol. The molecule has 0 fully saturated rings. The van der Waals surface area contributed by atoms with E-state index >= 15 is 0 Å². The normalized spacial score (nSPS) is 15.7. The number of benzene rings is 1. The highest BCUT2D eigenvalue weighted by molar-refractivity contribution is 6.34.